The molecule has 0 N–H and O–H groups in total. The average Bonchev–Trinajstić information content (AvgIpc) is 2.43. The molecule has 0 aliphatic heterocycles. The molecule has 110 valence electrons. The second-order valence-electron chi connectivity index (χ2n) is 4.90. The number of allylic oxidation sites excluding steroid dienone is 2. The summed E-state index contributed by atoms with van der Waals surface area (Å²) in [5.74, 6) is -0.312. The number of unbranched alkanes of at least 4 members (excludes halogenated alkanes) is 8. The summed E-state index contributed by atoms with van der Waals surface area (Å²) in [6, 6.07) is 0. The first kappa shape index (κ1) is 17.9. The molecule has 2 heteroatoms. The van der Waals surface area contributed by atoms with Crippen LogP contribution in [-0.4, -0.2) is 12.6 Å². The van der Waals surface area contributed by atoms with Crippen LogP contribution in [0.4, 0.5) is 0 Å². The zero-order chi connectivity index (χ0) is 14.2. The summed E-state index contributed by atoms with van der Waals surface area (Å²) >= 11 is 0. The fraction of sp³-hybridized carbons (Fsp3) is 0.706. The van der Waals surface area contributed by atoms with Crippen molar-refractivity contribution in [3.63, 3.8) is 0 Å². The lowest BCUT2D eigenvalue weighted by Crippen LogP contribution is -2.01. The number of carbonyl (C=O) groups is 1. The summed E-state index contributed by atoms with van der Waals surface area (Å²) in [6.07, 6.45) is 18.2. The van der Waals surface area contributed by atoms with Gasteiger partial charge in [0.15, 0.2) is 0 Å². The van der Waals surface area contributed by atoms with Crippen molar-refractivity contribution < 1.29 is 9.53 Å². The maximum Gasteiger partial charge on any atom is 0.330 e. The van der Waals surface area contributed by atoms with Crippen molar-refractivity contribution in [3.8, 4) is 0 Å². The smallest absolute Gasteiger partial charge is 0.330 e. The Morgan fingerprint density at radius 1 is 0.947 bits per heavy atom. The van der Waals surface area contributed by atoms with E-state index in [1.807, 2.05) is 0 Å². The molecule has 0 aliphatic carbocycles. The molecule has 0 aliphatic rings. The molecule has 0 unspecified atom stereocenters. The number of rotatable bonds is 13. The highest BCUT2D eigenvalue weighted by Gasteiger charge is 1.95. The molecule has 0 bridgehead atoms. The van der Waals surface area contributed by atoms with Crippen molar-refractivity contribution in [2.45, 2.75) is 71.1 Å². The minimum Gasteiger partial charge on any atom is -0.463 e. The molecule has 0 saturated carbocycles. The average molecular weight is 266 g/mol. The Balaban J connectivity index is 3.10. The number of ether oxygens (including phenoxy) is 1. The van der Waals surface area contributed by atoms with Crippen LogP contribution >= 0.6 is 0 Å². The molecule has 0 radical (unpaired) electrons. The molecule has 0 aromatic heterocycles. The number of hydrogen-bond donors (Lipinski definition) is 0. The van der Waals surface area contributed by atoms with E-state index in [4.69, 9.17) is 4.74 Å². The fourth-order valence-electron chi connectivity index (χ4n) is 1.87. The van der Waals surface area contributed by atoms with Crippen LogP contribution in [0.1, 0.15) is 71.1 Å². The molecule has 0 heterocycles. The normalized spacial score (nSPS) is 10.8. The fourth-order valence-corrected chi connectivity index (χ4v) is 1.87. The lowest BCUT2D eigenvalue weighted by atomic mass is 10.1. The first-order chi connectivity index (χ1) is 9.31. The molecule has 0 amide bonds. The van der Waals surface area contributed by atoms with Gasteiger partial charge in [0, 0.05) is 6.08 Å². The largest absolute Gasteiger partial charge is 0.463 e. The van der Waals surface area contributed by atoms with Gasteiger partial charge in [-0.15, -0.1) is 0 Å². The topological polar surface area (TPSA) is 26.3 Å². The van der Waals surface area contributed by atoms with Crippen molar-refractivity contribution in [3.05, 3.63) is 24.8 Å². The van der Waals surface area contributed by atoms with Gasteiger partial charge in [0.2, 0.25) is 0 Å². The van der Waals surface area contributed by atoms with Crippen LogP contribution in [0.25, 0.3) is 0 Å². The maximum absolute atomic E-state index is 10.8. The van der Waals surface area contributed by atoms with Gasteiger partial charge in [-0.05, 0) is 32.1 Å². The predicted molar refractivity (Wildman–Crippen MR) is 82.1 cm³/mol. The van der Waals surface area contributed by atoms with Gasteiger partial charge in [-0.3, -0.25) is 0 Å². The summed E-state index contributed by atoms with van der Waals surface area (Å²) in [7, 11) is 0. The number of esters is 1. The Bertz CT molecular complexity index is 244. The number of carbonyl (C=O) groups excluding carboxylic acids is 1. The van der Waals surface area contributed by atoms with Crippen LogP contribution in [0.15, 0.2) is 24.8 Å². The third-order valence-corrected chi connectivity index (χ3v) is 3.07. The first-order valence-corrected chi connectivity index (χ1v) is 7.75. The molecule has 19 heavy (non-hydrogen) atoms. The molecule has 0 aromatic rings. The predicted octanol–water partition coefficient (Wildman–Crippen LogP) is 5.19. The Morgan fingerprint density at radius 3 is 2.16 bits per heavy atom. The summed E-state index contributed by atoms with van der Waals surface area (Å²) in [6.45, 7) is 6.13. The van der Waals surface area contributed by atoms with Crippen LogP contribution in [0.3, 0.4) is 0 Å². The molecule has 0 rings (SSSR count). The van der Waals surface area contributed by atoms with Crippen molar-refractivity contribution in [1.82, 2.24) is 0 Å². The van der Waals surface area contributed by atoms with Gasteiger partial charge < -0.3 is 4.74 Å². The molecule has 0 aromatic carbocycles. The third kappa shape index (κ3) is 14.9. The summed E-state index contributed by atoms with van der Waals surface area (Å²) in [4.78, 5) is 10.8. The van der Waals surface area contributed by atoms with E-state index in [1.54, 1.807) is 0 Å². The summed E-state index contributed by atoms with van der Waals surface area (Å²) < 4.78 is 4.91. The Morgan fingerprint density at radius 2 is 1.53 bits per heavy atom. The lowest BCUT2D eigenvalue weighted by Gasteiger charge is -2.01. The van der Waals surface area contributed by atoms with Crippen molar-refractivity contribution in [1.29, 1.82) is 0 Å². The monoisotopic (exact) mass is 266 g/mol. The van der Waals surface area contributed by atoms with Crippen LogP contribution in [0, 0.1) is 0 Å². The lowest BCUT2D eigenvalue weighted by molar-refractivity contribution is -0.137. The van der Waals surface area contributed by atoms with Gasteiger partial charge in [-0.2, -0.15) is 0 Å². The highest BCUT2D eigenvalue weighted by atomic mass is 16.5. The molecule has 0 fully saturated rings. The van der Waals surface area contributed by atoms with E-state index in [1.165, 1.54) is 57.4 Å². The van der Waals surface area contributed by atoms with Crippen LogP contribution in [0.5, 0.6) is 0 Å². The van der Waals surface area contributed by atoms with E-state index in [-0.39, 0.29) is 5.97 Å². The SMILES string of the molecule is C=CC(=O)OCCCCCCC/C=C/CCCCC. The van der Waals surface area contributed by atoms with E-state index < -0.39 is 0 Å². The Labute approximate surface area is 118 Å². The summed E-state index contributed by atoms with van der Waals surface area (Å²) in [5.41, 5.74) is 0. The van der Waals surface area contributed by atoms with Crippen LogP contribution < -0.4 is 0 Å². The van der Waals surface area contributed by atoms with E-state index in [2.05, 4.69) is 25.7 Å². The highest BCUT2D eigenvalue weighted by molar-refractivity contribution is 5.81. The zero-order valence-corrected chi connectivity index (χ0v) is 12.5. The van der Waals surface area contributed by atoms with Gasteiger partial charge in [0.25, 0.3) is 0 Å². The van der Waals surface area contributed by atoms with E-state index in [0.29, 0.717) is 6.61 Å². The molecular formula is C17H30O2. The first-order valence-electron chi connectivity index (χ1n) is 7.75. The minimum absolute atomic E-state index is 0.312. The number of hydrogen-bond acceptors (Lipinski definition) is 2. The summed E-state index contributed by atoms with van der Waals surface area (Å²) in [5, 5.41) is 0. The van der Waals surface area contributed by atoms with Crippen LogP contribution in [0.2, 0.25) is 0 Å². The third-order valence-electron chi connectivity index (χ3n) is 3.07. The van der Waals surface area contributed by atoms with Gasteiger partial charge in [-0.25, -0.2) is 4.79 Å². The maximum atomic E-state index is 10.8. The van der Waals surface area contributed by atoms with Gasteiger partial charge in [-0.1, -0.05) is 57.8 Å². The van der Waals surface area contributed by atoms with Gasteiger partial charge >= 0.3 is 5.97 Å². The van der Waals surface area contributed by atoms with Crippen LogP contribution in [-0.2, 0) is 9.53 Å². The highest BCUT2D eigenvalue weighted by Crippen LogP contribution is 2.07. The van der Waals surface area contributed by atoms with Crippen molar-refractivity contribution >= 4 is 5.97 Å². The Kier molecular flexibility index (Phi) is 14.2. The van der Waals surface area contributed by atoms with Gasteiger partial charge in [0.05, 0.1) is 6.61 Å². The second kappa shape index (κ2) is 15.0. The Hall–Kier alpha value is -1.05. The molecule has 0 saturated heterocycles. The minimum atomic E-state index is -0.312. The molecule has 0 atom stereocenters. The second-order valence-corrected chi connectivity index (χ2v) is 4.90. The van der Waals surface area contributed by atoms with Gasteiger partial charge in [0.1, 0.15) is 0 Å². The quantitative estimate of drug-likeness (QED) is 0.198. The van der Waals surface area contributed by atoms with Crippen molar-refractivity contribution in [2.75, 3.05) is 6.61 Å². The van der Waals surface area contributed by atoms with E-state index in [9.17, 15) is 4.79 Å². The zero-order valence-electron chi connectivity index (χ0n) is 12.5. The standard InChI is InChI=1S/C17H30O2/c1-3-5-6-7-8-9-10-11-12-13-14-15-16-19-17(18)4-2/h4,8-9H,2-3,5-7,10-16H2,1H3/b9-8+. The molecule has 0 spiro atoms. The van der Waals surface area contributed by atoms with E-state index >= 15 is 0 Å². The molecular weight excluding hydrogens is 236 g/mol. The van der Waals surface area contributed by atoms with Crippen molar-refractivity contribution in [2.24, 2.45) is 0 Å². The molecule has 2 nitrogen and oxygen atoms in total. The van der Waals surface area contributed by atoms with E-state index in [0.717, 1.165) is 12.8 Å².